The first-order chi connectivity index (χ1) is 9.22. The Bertz CT molecular complexity index is 329. The van der Waals surface area contributed by atoms with Gasteiger partial charge in [0.05, 0.1) is 0 Å². The first kappa shape index (κ1) is 16.5. The Morgan fingerprint density at radius 2 is 1.95 bits per heavy atom. The first-order valence-electron chi connectivity index (χ1n) is 6.99. The van der Waals surface area contributed by atoms with Crippen LogP contribution in [0.15, 0.2) is 28.7 Å². The third-order valence-corrected chi connectivity index (χ3v) is 3.37. The molecule has 19 heavy (non-hydrogen) atoms. The van der Waals surface area contributed by atoms with Crippen LogP contribution in [0.3, 0.4) is 0 Å². The molecule has 0 fully saturated rings. The fourth-order valence-electron chi connectivity index (χ4n) is 1.73. The van der Waals surface area contributed by atoms with Gasteiger partial charge in [0.25, 0.3) is 0 Å². The predicted octanol–water partition coefficient (Wildman–Crippen LogP) is 3.36. The summed E-state index contributed by atoms with van der Waals surface area (Å²) in [6.07, 6.45) is 4.51. The second kappa shape index (κ2) is 10.2. The molecule has 0 unspecified atom stereocenters. The molecule has 4 heteroatoms. The summed E-state index contributed by atoms with van der Waals surface area (Å²) < 4.78 is 6.53. The van der Waals surface area contributed by atoms with E-state index in [1.54, 1.807) is 0 Å². The van der Waals surface area contributed by atoms with Crippen molar-refractivity contribution in [1.82, 2.24) is 5.32 Å². The van der Waals surface area contributed by atoms with Gasteiger partial charge in [0.1, 0.15) is 18.5 Å². The zero-order valence-corrected chi connectivity index (χ0v) is 13.2. The molecule has 0 aliphatic carbocycles. The molecule has 1 aromatic rings. The summed E-state index contributed by atoms with van der Waals surface area (Å²) in [4.78, 5) is 0. The van der Waals surface area contributed by atoms with Gasteiger partial charge in [0.2, 0.25) is 0 Å². The highest BCUT2D eigenvalue weighted by atomic mass is 79.9. The highest BCUT2D eigenvalue weighted by Crippen LogP contribution is 2.16. The minimum atomic E-state index is -0.463. The molecule has 1 atom stereocenters. The van der Waals surface area contributed by atoms with E-state index in [1.165, 1.54) is 25.7 Å². The lowest BCUT2D eigenvalue weighted by atomic mass is 10.2. The molecule has 1 aromatic carbocycles. The molecule has 0 aromatic heterocycles. The Balaban J connectivity index is 2.04. The lowest BCUT2D eigenvalue weighted by Gasteiger charge is -2.13. The van der Waals surface area contributed by atoms with Crippen LogP contribution in [0, 0.1) is 0 Å². The molecule has 108 valence electrons. The Labute approximate surface area is 124 Å². The zero-order valence-electron chi connectivity index (χ0n) is 11.6. The monoisotopic (exact) mass is 329 g/mol. The molecule has 0 aliphatic heterocycles. The topological polar surface area (TPSA) is 41.5 Å². The minimum absolute atomic E-state index is 0.323. The molecule has 0 radical (unpaired) electrons. The van der Waals surface area contributed by atoms with E-state index in [2.05, 4.69) is 28.2 Å². The van der Waals surface area contributed by atoms with E-state index in [-0.39, 0.29) is 0 Å². The van der Waals surface area contributed by atoms with Crippen LogP contribution < -0.4 is 10.1 Å². The third-order valence-electron chi connectivity index (χ3n) is 2.84. The standard InChI is InChI=1S/C15H24BrNO2/c1-2-3-4-5-10-17-11-14(18)12-19-15-8-6-13(16)7-9-15/h6-9,14,17-18H,2-5,10-12H2,1H3/t14-/m0/s1. The molecule has 2 N–H and O–H groups in total. The van der Waals surface area contributed by atoms with Crippen LogP contribution >= 0.6 is 15.9 Å². The fraction of sp³-hybridized carbons (Fsp3) is 0.600. The number of hydrogen-bond donors (Lipinski definition) is 2. The fourth-order valence-corrected chi connectivity index (χ4v) is 1.99. The number of aliphatic hydroxyl groups excluding tert-OH is 1. The van der Waals surface area contributed by atoms with Gasteiger partial charge in [-0.2, -0.15) is 0 Å². The van der Waals surface area contributed by atoms with Crippen molar-refractivity contribution >= 4 is 15.9 Å². The summed E-state index contributed by atoms with van der Waals surface area (Å²) in [6, 6.07) is 7.62. The summed E-state index contributed by atoms with van der Waals surface area (Å²) in [7, 11) is 0. The van der Waals surface area contributed by atoms with Crippen LogP contribution in [0.2, 0.25) is 0 Å². The van der Waals surface area contributed by atoms with Gasteiger partial charge in [-0.15, -0.1) is 0 Å². The van der Waals surface area contributed by atoms with Crippen molar-refractivity contribution in [3.63, 3.8) is 0 Å². The average Bonchev–Trinajstić information content (AvgIpc) is 2.42. The SMILES string of the molecule is CCCCCCNC[C@H](O)COc1ccc(Br)cc1. The van der Waals surface area contributed by atoms with Crippen molar-refractivity contribution in [2.75, 3.05) is 19.7 Å². The van der Waals surface area contributed by atoms with Gasteiger partial charge in [-0.3, -0.25) is 0 Å². The van der Waals surface area contributed by atoms with Gasteiger partial charge < -0.3 is 15.2 Å². The van der Waals surface area contributed by atoms with Crippen molar-refractivity contribution in [3.8, 4) is 5.75 Å². The molecular formula is C15H24BrNO2. The highest BCUT2D eigenvalue weighted by molar-refractivity contribution is 9.10. The number of nitrogens with one attached hydrogen (secondary N) is 1. The number of ether oxygens (including phenoxy) is 1. The summed E-state index contributed by atoms with van der Waals surface area (Å²) in [6.45, 7) is 4.08. The Morgan fingerprint density at radius 3 is 2.63 bits per heavy atom. The number of halogens is 1. The molecule has 0 saturated heterocycles. The van der Waals surface area contributed by atoms with Crippen LogP contribution in [0.1, 0.15) is 32.6 Å². The second-order valence-electron chi connectivity index (χ2n) is 4.68. The van der Waals surface area contributed by atoms with Crippen LogP contribution in [0.25, 0.3) is 0 Å². The molecule has 0 spiro atoms. The molecule has 0 bridgehead atoms. The maximum absolute atomic E-state index is 9.77. The van der Waals surface area contributed by atoms with Crippen LogP contribution in [0.4, 0.5) is 0 Å². The Morgan fingerprint density at radius 1 is 1.21 bits per heavy atom. The van der Waals surface area contributed by atoms with Gasteiger partial charge in [-0.25, -0.2) is 0 Å². The normalized spacial score (nSPS) is 12.4. The summed E-state index contributed by atoms with van der Waals surface area (Å²) in [5, 5.41) is 13.0. The number of rotatable bonds is 10. The smallest absolute Gasteiger partial charge is 0.119 e. The maximum atomic E-state index is 9.77. The van der Waals surface area contributed by atoms with Gasteiger partial charge in [-0.1, -0.05) is 42.1 Å². The van der Waals surface area contributed by atoms with E-state index in [0.29, 0.717) is 13.2 Å². The number of aliphatic hydroxyl groups is 1. The van der Waals surface area contributed by atoms with Gasteiger partial charge in [-0.05, 0) is 37.2 Å². The molecule has 0 aliphatic rings. The van der Waals surface area contributed by atoms with Crippen molar-refractivity contribution in [2.45, 2.75) is 38.7 Å². The van der Waals surface area contributed by atoms with Crippen LogP contribution in [0.5, 0.6) is 5.75 Å². The molecule has 0 heterocycles. The van der Waals surface area contributed by atoms with Crippen molar-refractivity contribution in [1.29, 1.82) is 0 Å². The first-order valence-corrected chi connectivity index (χ1v) is 7.79. The average molecular weight is 330 g/mol. The minimum Gasteiger partial charge on any atom is -0.491 e. The summed E-state index contributed by atoms with van der Waals surface area (Å²) in [5.74, 6) is 0.783. The highest BCUT2D eigenvalue weighted by Gasteiger charge is 2.04. The number of hydrogen-bond acceptors (Lipinski definition) is 3. The quantitative estimate of drug-likeness (QED) is 0.647. The van der Waals surface area contributed by atoms with Gasteiger partial charge >= 0.3 is 0 Å². The molecule has 0 saturated carbocycles. The molecular weight excluding hydrogens is 306 g/mol. The lowest BCUT2D eigenvalue weighted by molar-refractivity contribution is 0.106. The summed E-state index contributed by atoms with van der Waals surface area (Å²) in [5.41, 5.74) is 0. The summed E-state index contributed by atoms with van der Waals surface area (Å²) >= 11 is 3.37. The predicted molar refractivity (Wildman–Crippen MR) is 82.7 cm³/mol. The van der Waals surface area contributed by atoms with Gasteiger partial charge in [0.15, 0.2) is 0 Å². The number of benzene rings is 1. The molecule has 3 nitrogen and oxygen atoms in total. The van der Waals surface area contributed by atoms with E-state index in [9.17, 15) is 5.11 Å². The van der Waals surface area contributed by atoms with Crippen molar-refractivity contribution in [3.05, 3.63) is 28.7 Å². The van der Waals surface area contributed by atoms with Crippen LogP contribution in [-0.4, -0.2) is 30.9 Å². The van der Waals surface area contributed by atoms with Crippen molar-refractivity contribution in [2.24, 2.45) is 0 Å². The number of unbranched alkanes of at least 4 members (excludes halogenated alkanes) is 3. The van der Waals surface area contributed by atoms with E-state index < -0.39 is 6.10 Å². The van der Waals surface area contributed by atoms with E-state index in [1.807, 2.05) is 24.3 Å². The van der Waals surface area contributed by atoms with E-state index in [4.69, 9.17) is 4.74 Å². The Kier molecular flexibility index (Phi) is 8.88. The maximum Gasteiger partial charge on any atom is 0.119 e. The third kappa shape index (κ3) is 8.24. The lowest BCUT2D eigenvalue weighted by Crippen LogP contribution is -2.32. The molecule has 1 rings (SSSR count). The van der Waals surface area contributed by atoms with E-state index in [0.717, 1.165) is 16.8 Å². The van der Waals surface area contributed by atoms with Gasteiger partial charge in [0, 0.05) is 11.0 Å². The zero-order chi connectivity index (χ0) is 13.9. The molecule has 0 amide bonds. The second-order valence-corrected chi connectivity index (χ2v) is 5.60. The van der Waals surface area contributed by atoms with E-state index >= 15 is 0 Å². The van der Waals surface area contributed by atoms with Crippen molar-refractivity contribution < 1.29 is 9.84 Å². The largest absolute Gasteiger partial charge is 0.491 e. The Hall–Kier alpha value is -0.580. The van der Waals surface area contributed by atoms with Crippen LogP contribution in [-0.2, 0) is 0 Å².